The van der Waals surface area contributed by atoms with Crippen LogP contribution in [0.25, 0.3) is 10.9 Å². The first-order valence-electron chi connectivity index (χ1n) is 9.41. The van der Waals surface area contributed by atoms with Crippen molar-refractivity contribution in [2.45, 2.75) is 33.7 Å². The van der Waals surface area contributed by atoms with Crippen molar-refractivity contribution in [1.29, 1.82) is 0 Å². The Bertz CT molecular complexity index is 914. The molecule has 1 atom stereocenters. The third-order valence-electron chi connectivity index (χ3n) is 4.20. The molecule has 3 nitrogen and oxygen atoms in total. The number of rotatable bonds is 5. The van der Waals surface area contributed by atoms with Gasteiger partial charge in [-0.2, -0.15) is 0 Å². The highest BCUT2D eigenvalue weighted by Gasteiger charge is 2.20. The molecule has 1 unspecified atom stereocenters. The first-order chi connectivity index (χ1) is 13.2. The number of hydrogen-bond acceptors (Lipinski definition) is 3. The van der Waals surface area contributed by atoms with Crippen molar-refractivity contribution in [2.24, 2.45) is 0 Å². The number of phenols is 1. The lowest BCUT2D eigenvalue weighted by Gasteiger charge is -2.23. The second-order valence-electron chi connectivity index (χ2n) is 5.81. The Kier molecular flexibility index (Phi) is 7.63. The van der Waals surface area contributed by atoms with Crippen molar-refractivity contribution < 1.29 is 5.11 Å². The summed E-state index contributed by atoms with van der Waals surface area (Å²) in [6.45, 7) is 8.00. The van der Waals surface area contributed by atoms with Crippen LogP contribution in [-0.4, -0.2) is 10.1 Å². The fraction of sp³-hybridized carbons (Fsp3) is 0.208. The molecule has 0 aliphatic carbocycles. The topological polar surface area (TPSA) is 45.2 Å². The first kappa shape index (κ1) is 20.2. The number of benzene rings is 2. The van der Waals surface area contributed by atoms with E-state index in [4.69, 9.17) is 0 Å². The summed E-state index contributed by atoms with van der Waals surface area (Å²) in [5, 5.41) is 15.3. The van der Waals surface area contributed by atoms with E-state index < -0.39 is 0 Å². The maximum Gasteiger partial charge on any atom is 0.147 e. The van der Waals surface area contributed by atoms with Crippen molar-refractivity contribution in [3.8, 4) is 5.75 Å². The van der Waals surface area contributed by atoms with Crippen LogP contribution in [0.2, 0.25) is 0 Å². The summed E-state index contributed by atoms with van der Waals surface area (Å²) in [6, 6.07) is 17.6. The first-order valence-corrected chi connectivity index (χ1v) is 9.41. The van der Waals surface area contributed by atoms with Gasteiger partial charge >= 0.3 is 0 Å². The highest BCUT2D eigenvalue weighted by molar-refractivity contribution is 5.86. The van der Waals surface area contributed by atoms with E-state index in [0.717, 1.165) is 22.2 Å². The second-order valence-corrected chi connectivity index (χ2v) is 5.81. The quantitative estimate of drug-likeness (QED) is 0.501. The second kappa shape index (κ2) is 10.2. The number of fused-ring (bicyclic) bond motifs is 1. The number of aromatic nitrogens is 1. The molecule has 3 heteroatoms. The van der Waals surface area contributed by atoms with E-state index in [0.29, 0.717) is 5.52 Å². The van der Waals surface area contributed by atoms with Crippen LogP contribution in [0.4, 0.5) is 5.69 Å². The smallest absolute Gasteiger partial charge is 0.147 e. The lowest BCUT2D eigenvalue weighted by molar-refractivity contribution is 0.471. The van der Waals surface area contributed by atoms with E-state index in [1.165, 1.54) is 0 Å². The zero-order chi connectivity index (χ0) is 19.6. The number of anilines is 1. The van der Waals surface area contributed by atoms with Gasteiger partial charge in [-0.15, -0.1) is 0 Å². The summed E-state index contributed by atoms with van der Waals surface area (Å²) in [6.07, 6.45) is 7.82. The number of nitrogens with one attached hydrogen (secondary N) is 1. The number of phenolic OH excluding ortho intramolecular Hbond substituents is 1. The van der Waals surface area contributed by atoms with Crippen LogP contribution in [0, 0.1) is 0 Å². The lowest BCUT2D eigenvalue weighted by Crippen LogP contribution is -2.13. The third-order valence-corrected chi connectivity index (χ3v) is 4.20. The molecule has 3 aromatic rings. The number of para-hydroxylation sites is 1. The van der Waals surface area contributed by atoms with Gasteiger partial charge in [-0.25, -0.2) is 0 Å². The predicted octanol–water partition coefficient (Wildman–Crippen LogP) is 6.64. The molecule has 0 aliphatic heterocycles. The molecule has 0 fully saturated rings. The minimum absolute atomic E-state index is 0.171. The minimum Gasteiger partial charge on any atom is -0.505 e. The molecule has 140 valence electrons. The molecule has 0 saturated carbocycles. The van der Waals surface area contributed by atoms with Crippen LogP contribution in [0.3, 0.4) is 0 Å². The van der Waals surface area contributed by atoms with Crippen LogP contribution in [-0.2, 0) is 0 Å². The van der Waals surface area contributed by atoms with Gasteiger partial charge in [-0.05, 0) is 37.6 Å². The molecule has 3 rings (SSSR count). The minimum atomic E-state index is -0.171. The summed E-state index contributed by atoms with van der Waals surface area (Å²) in [5.74, 6) is 0.218. The molecular weight excluding hydrogens is 332 g/mol. The Morgan fingerprint density at radius 3 is 2.41 bits per heavy atom. The van der Waals surface area contributed by atoms with Gasteiger partial charge in [-0.1, -0.05) is 68.5 Å². The van der Waals surface area contributed by atoms with Gasteiger partial charge in [0.05, 0.1) is 6.04 Å². The summed E-state index contributed by atoms with van der Waals surface area (Å²) >= 11 is 0. The Morgan fingerprint density at radius 1 is 1.00 bits per heavy atom. The van der Waals surface area contributed by atoms with E-state index in [9.17, 15) is 5.11 Å². The monoisotopic (exact) mass is 360 g/mol. The van der Waals surface area contributed by atoms with E-state index in [1.807, 2.05) is 88.4 Å². The number of hydrogen-bond donors (Lipinski definition) is 2. The molecule has 2 aromatic carbocycles. The number of pyridine rings is 1. The largest absolute Gasteiger partial charge is 0.505 e. The summed E-state index contributed by atoms with van der Waals surface area (Å²) in [7, 11) is 0. The fourth-order valence-corrected chi connectivity index (χ4v) is 2.97. The SMILES string of the molecule is C/C=C\C(=C/C)C(Nc1ccccc1)c1ccc2cccnc2c1O.CC. The molecule has 1 heterocycles. The molecule has 2 N–H and O–H groups in total. The Labute approximate surface area is 162 Å². The van der Waals surface area contributed by atoms with E-state index in [2.05, 4.69) is 22.5 Å². The van der Waals surface area contributed by atoms with E-state index in [1.54, 1.807) is 6.20 Å². The molecular formula is C24H28N2O. The van der Waals surface area contributed by atoms with E-state index >= 15 is 0 Å². The Hall–Kier alpha value is -3.07. The molecule has 0 spiro atoms. The molecule has 0 saturated heterocycles. The molecule has 0 amide bonds. The van der Waals surface area contributed by atoms with Crippen molar-refractivity contribution in [1.82, 2.24) is 4.98 Å². The Morgan fingerprint density at radius 2 is 1.74 bits per heavy atom. The Balaban J connectivity index is 0.00000126. The van der Waals surface area contributed by atoms with Crippen LogP contribution in [0.15, 0.2) is 84.6 Å². The van der Waals surface area contributed by atoms with Gasteiger partial charge < -0.3 is 10.4 Å². The van der Waals surface area contributed by atoms with Crippen LogP contribution in [0.5, 0.6) is 5.75 Å². The zero-order valence-electron chi connectivity index (χ0n) is 16.5. The predicted molar refractivity (Wildman–Crippen MR) is 116 cm³/mol. The maximum absolute atomic E-state index is 10.9. The van der Waals surface area contributed by atoms with Crippen LogP contribution in [0.1, 0.15) is 39.3 Å². The molecule has 27 heavy (non-hydrogen) atoms. The molecule has 0 radical (unpaired) electrons. The van der Waals surface area contributed by atoms with Gasteiger partial charge in [0.2, 0.25) is 0 Å². The van der Waals surface area contributed by atoms with Gasteiger partial charge in [-0.3, -0.25) is 4.98 Å². The van der Waals surface area contributed by atoms with Gasteiger partial charge in [0, 0.05) is 22.8 Å². The van der Waals surface area contributed by atoms with Crippen LogP contribution < -0.4 is 5.32 Å². The highest BCUT2D eigenvalue weighted by atomic mass is 16.3. The van der Waals surface area contributed by atoms with Crippen molar-refractivity contribution >= 4 is 16.6 Å². The zero-order valence-corrected chi connectivity index (χ0v) is 16.5. The van der Waals surface area contributed by atoms with Gasteiger partial charge in [0.1, 0.15) is 11.3 Å². The van der Waals surface area contributed by atoms with Crippen molar-refractivity contribution in [3.05, 3.63) is 90.2 Å². The lowest BCUT2D eigenvalue weighted by atomic mass is 9.95. The standard InChI is InChI=1S/C22H22N2O.C2H6/c1-3-9-16(4-2)20(24-18-11-6-5-7-12-18)19-14-13-17-10-8-15-23-21(17)22(19)25;1-2/h3-15,20,24-25H,1-2H3;1-2H3/b9-3-,16-4+;. The average molecular weight is 361 g/mol. The highest BCUT2D eigenvalue weighted by Crippen LogP contribution is 2.36. The van der Waals surface area contributed by atoms with Gasteiger partial charge in [0.25, 0.3) is 0 Å². The number of aromatic hydroxyl groups is 1. The maximum atomic E-state index is 10.9. The summed E-state index contributed by atoms with van der Waals surface area (Å²) in [4.78, 5) is 4.35. The summed E-state index contributed by atoms with van der Waals surface area (Å²) in [5.41, 5.74) is 3.51. The number of allylic oxidation sites excluding steroid dienone is 2. The normalized spacial score (nSPS) is 12.5. The third kappa shape index (κ3) is 4.76. The van der Waals surface area contributed by atoms with Gasteiger partial charge in [0.15, 0.2) is 0 Å². The molecule has 1 aromatic heterocycles. The van der Waals surface area contributed by atoms with Crippen LogP contribution >= 0.6 is 0 Å². The molecule has 0 bridgehead atoms. The average Bonchev–Trinajstić information content (AvgIpc) is 2.73. The van der Waals surface area contributed by atoms with Crippen molar-refractivity contribution in [2.75, 3.05) is 5.32 Å². The fourth-order valence-electron chi connectivity index (χ4n) is 2.97. The van der Waals surface area contributed by atoms with Crippen molar-refractivity contribution in [3.63, 3.8) is 0 Å². The molecule has 0 aliphatic rings. The number of nitrogens with zero attached hydrogens (tertiary/aromatic N) is 1. The summed E-state index contributed by atoms with van der Waals surface area (Å²) < 4.78 is 0. The van der Waals surface area contributed by atoms with E-state index in [-0.39, 0.29) is 11.8 Å².